The summed E-state index contributed by atoms with van der Waals surface area (Å²) < 4.78 is 0. The number of likely N-dealkylation sites (tertiary alicyclic amines) is 1. The summed E-state index contributed by atoms with van der Waals surface area (Å²) in [7, 11) is 0. The van der Waals surface area contributed by atoms with Crippen molar-refractivity contribution in [3.63, 3.8) is 0 Å². The molecule has 0 spiro atoms. The minimum atomic E-state index is 0.180. The molecule has 1 saturated carbocycles. The number of hydrogen-bond acceptors (Lipinski definition) is 2. The molecule has 0 N–H and O–H groups in total. The van der Waals surface area contributed by atoms with E-state index in [0.29, 0.717) is 12.3 Å². The van der Waals surface area contributed by atoms with Crippen LogP contribution in [-0.2, 0) is 9.59 Å². The standard InChI is InChI=1S/C17H29NO2/c1-14(19)13-16-11-7-8-12-18(16)17(20)15-9-5-3-2-4-6-10-15/h15-16H,2-13H2,1H3. The van der Waals surface area contributed by atoms with Crippen molar-refractivity contribution in [1.82, 2.24) is 4.90 Å². The fourth-order valence-electron chi connectivity index (χ4n) is 3.77. The Morgan fingerprint density at radius 3 is 2.15 bits per heavy atom. The smallest absolute Gasteiger partial charge is 0.225 e. The van der Waals surface area contributed by atoms with E-state index in [-0.39, 0.29) is 17.7 Å². The number of ketones is 1. The third-order valence-electron chi connectivity index (χ3n) is 4.89. The Hall–Kier alpha value is -0.860. The van der Waals surface area contributed by atoms with E-state index in [0.717, 1.165) is 38.6 Å². The van der Waals surface area contributed by atoms with Crippen molar-refractivity contribution in [3.8, 4) is 0 Å². The molecule has 0 radical (unpaired) electrons. The molecular formula is C17H29NO2. The highest BCUT2D eigenvalue weighted by molar-refractivity contribution is 5.81. The summed E-state index contributed by atoms with van der Waals surface area (Å²) in [5.74, 6) is 0.785. The minimum absolute atomic E-state index is 0.180. The topological polar surface area (TPSA) is 37.4 Å². The first kappa shape index (κ1) is 15.5. The van der Waals surface area contributed by atoms with Crippen molar-refractivity contribution in [2.24, 2.45) is 5.92 Å². The van der Waals surface area contributed by atoms with Gasteiger partial charge in [-0.05, 0) is 39.0 Å². The van der Waals surface area contributed by atoms with Gasteiger partial charge in [0.1, 0.15) is 5.78 Å². The summed E-state index contributed by atoms with van der Waals surface area (Å²) in [4.78, 5) is 26.3. The quantitative estimate of drug-likeness (QED) is 0.790. The molecule has 1 aliphatic heterocycles. The van der Waals surface area contributed by atoms with E-state index in [1.165, 1.54) is 32.1 Å². The van der Waals surface area contributed by atoms with Crippen LogP contribution in [-0.4, -0.2) is 29.2 Å². The number of hydrogen-bond donors (Lipinski definition) is 0. The van der Waals surface area contributed by atoms with Crippen LogP contribution in [0.4, 0.5) is 0 Å². The van der Waals surface area contributed by atoms with Gasteiger partial charge in [0.05, 0.1) is 0 Å². The SMILES string of the molecule is CC(=O)CC1CCCCN1C(=O)C1CCCCCCC1. The number of piperidine rings is 1. The van der Waals surface area contributed by atoms with E-state index in [2.05, 4.69) is 4.90 Å². The molecule has 114 valence electrons. The van der Waals surface area contributed by atoms with Crippen LogP contribution in [0.1, 0.15) is 77.6 Å². The van der Waals surface area contributed by atoms with Gasteiger partial charge in [0.2, 0.25) is 5.91 Å². The van der Waals surface area contributed by atoms with Crippen LogP contribution >= 0.6 is 0 Å². The molecule has 2 fully saturated rings. The molecule has 1 atom stereocenters. The summed E-state index contributed by atoms with van der Waals surface area (Å²) in [5, 5.41) is 0. The van der Waals surface area contributed by atoms with Crippen molar-refractivity contribution in [3.05, 3.63) is 0 Å². The maximum absolute atomic E-state index is 12.8. The predicted octanol–water partition coefficient (Wildman–Crippen LogP) is 3.71. The Kier molecular flexibility index (Phi) is 6.06. The Morgan fingerprint density at radius 2 is 1.50 bits per heavy atom. The molecule has 1 unspecified atom stereocenters. The van der Waals surface area contributed by atoms with E-state index in [1.54, 1.807) is 6.92 Å². The summed E-state index contributed by atoms with van der Waals surface area (Å²) in [6.07, 6.45) is 12.2. The Bertz CT molecular complexity index is 332. The normalized spacial score (nSPS) is 25.9. The lowest BCUT2D eigenvalue weighted by Gasteiger charge is -2.38. The highest BCUT2D eigenvalue weighted by Gasteiger charge is 2.31. The molecule has 3 nitrogen and oxygen atoms in total. The predicted molar refractivity (Wildman–Crippen MR) is 80.5 cm³/mol. The molecule has 0 aromatic carbocycles. The van der Waals surface area contributed by atoms with E-state index in [1.807, 2.05) is 0 Å². The molecule has 0 bridgehead atoms. The van der Waals surface area contributed by atoms with Crippen molar-refractivity contribution >= 4 is 11.7 Å². The summed E-state index contributed by atoms with van der Waals surface area (Å²) in [5.41, 5.74) is 0. The maximum Gasteiger partial charge on any atom is 0.225 e. The van der Waals surface area contributed by atoms with Crippen molar-refractivity contribution in [2.75, 3.05) is 6.54 Å². The van der Waals surface area contributed by atoms with E-state index in [9.17, 15) is 9.59 Å². The monoisotopic (exact) mass is 279 g/mol. The molecule has 2 aliphatic rings. The molecule has 1 aliphatic carbocycles. The second-order valence-electron chi connectivity index (χ2n) is 6.63. The first-order valence-corrected chi connectivity index (χ1v) is 8.48. The largest absolute Gasteiger partial charge is 0.339 e. The first-order valence-electron chi connectivity index (χ1n) is 8.48. The van der Waals surface area contributed by atoms with Gasteiger partial charge in [-0.25, -0.2) is 0 Å². The average molecular weight is 279 g/mol. The van der Waals surface area contributed by atoms with E-state index >= 15 is 0 Å². The minimum Gasteiger partial charge on any atom is -0.339 e. The summed E-state index contributed by atoms with van der Waals surface area (Å²) >= 11 is 0. The van der Waals surface area contributed by atoms with Crippen molar-refractivity contribution < 1.29 is 9.59 Å². The van der Waals surface area contributed by atoms with Crippen molar-refractivity contribution in [2.45, 2.75) is 83.6 Å². The van der Waals surface area contributed by atoms with Crippen LogP contribution in [0, 0.1) is 5.92 Å². The highest BCUT2D eigenvalue weighted by Crippen LogP contribution is 2.28. The summed E-state index contributed by atoms with van der Waals surface area (Å²) in [6, 6.07) is 0.180. The molecule has 1 saturated heterocycles. The fraction of sp³-hybridized carbons (Fsp3) is 0.882. The highest BCUT2D eigenvalue weighted by atomic mass is 16.2. The molecule has 0 aromatic rings. The van der Waals surface area contributed by atoms with Gasteiger partial charge in [0, 0.05) is 24.9 Å². The first-order chi connectivity index (χ1) is 9.68. The van der Waals surface area contributed by atoms with Crippen LogP contribution < -0.4 is 0 Å². The maximum atomic E-state index is 12.8. The number of amides is 1. The number of Topliss-reactive ketones (excluding diaryl/α,β-unsaturated/α-hetero) is 1. The van der Waals surface area contributed by atoms with Crippen LogP contribution in [0.25, 0.3) is 0 Å². The van der Waals surface area contributed by atoms with Crippen LogP contribution in [0.15, 0.2) is 0 Å². The van der Waals surface area contributed by atoms with Crippen LogP contribution in [0.2, 0.25) is 0 Å². The lowest BCUT2D eigenvalue weighted by atomic mass is 9.88. The average Bonchev–Trinajstić information content (AvgIpc) is 2.37. The van der Waals surface area contributed by atoms with Crippen LogP contribution in [0.3, 0.4) is 0 Å². The second kappa shape index (κ2) is 7.80. The van der Waals surface area contributed by atoms with Gasteiger partial charge >= 0.3 is 0 Å². The van der Waals surface area contributed by atoms with Crippen molar-refractivity contribution in [1.29, 1.82) is 0 Å². The molecule has 3 heteroatoms. The summed E-state index contributed by atoms with van der Waals surface area (Å²) in [6.45, 7) is 2.51. The lowest BCUT2D eigenvalue weighted by Crippen LogP contribution is -2.47. The number of carbonyl (C=O) groups is 2. The van der Waals surface area contributed by atoms with Gasteiger partial charge in [-0.2, -0.15) is 0 Å². The zero-order valence-electron chi connectivity index (χ0n) is 12.9. The van der Waals surface area contributed by atoms with Gasteiger partial charge in [-0.1, -0.05) is 32.1 Å². The second-order valence-corrected chi connectivity index (χ2v) is 6.63. The van der Waals surface area contributed by atoms with E-state index < -0.39 is 0 Å². The van der Waals surface area contributed by atoms with Gasteiger partial charge < -0.3 is 4.90 Å². The van der Waals surface area contributed by atoms with Gasteiger partial charge in [-0.3, -0.25) is 9.59 Å². The molecule has 1 heterocycles. The number of rotatable bonds is 3. The zero-order valence-corrected chi connectivity index (χ0v) is 12.9. The zero-order chi connectivity index (χ0) is 14.4. The van der Waals surface area contributed by atoms with Gasteiger partial charge in [-0.15, -0.1) is 0 Å². The third-order valence-corrected chi connectivity index (χ3v) is 4.89. The molecule has 0 aromatic heterocycles. The molecule has 1 amide bonds. The Labute approximate surface area is 123 Å². The lowest BCUT2D eigenvalue weighted by molar-refractivity contribution is -0.140. The number of carbonyl (C=O) groups excluding carboxylic acids is 2. The molecule has 20 heavy (non-hydrogen) atoms. The molecular weight excluding hydrogens is 250 g/mol. The number of nitrogens with zero attached hydrogens (tertiary/aromatic N) is 1. The van der Waals surface area contributed by atoms with E-state index in [4.69, 9.17) is 0 Å². The van der Waals surface area contributed by atoms with Gasteiger partial charge in [0.25, 0.3) is 0 Å². The third kappa shape index (κ3) is 4.32. The van der Waals surface area contributed by atoms with Gasteiger partial charge in [0.15, 0.2) is 0 Å². The van der Waals surface area contributed by atoms with Crippen LogP contribution in [0.5, 0.6) is 0 Å². The Balaban J connectivity index is 1.98. The fourth-order valence-corrected chi connectivity index (χ4v) is 3.77. The molecule has 2 rings (SSSR count). The Morgan fingerprint density at radius 1 is 0.900 bits per heavy atom.